The molecule has 7 heteroatoms. The van der Waals surface area contributed by atoms with Crippen LogP contribution in [0.25, 0.3) is 11.3 Å². The zero-order valence-electron chi connectivity index (χ0n) is 15.4. The van der Waals surface area contributed by atoms with Gasteiger partial charge in [0.2, 0.25) is 0 Å². The van der Waals surface area contributed by atoms with Crippen molar-refractivity contribution in [3.05, 3.63) is 35.5 Å². The minimum atomic E-state index is -3.12. The van der Waals surface area contributed by atoms with Crippen molar-refractivity contribution in [2.24, 2.45) is 0 Å². The summed E-state index contributed by atoms with van der Waals surface area (Å²) in [6, 6.07) is 4.06. The van der Waals surface area contributed by atoms with Gasteiger partial charge in [0.05, 0.1) is 18.4 Å². The predicted molar refractivity (Wildman–Crippen MR) is 94.7 cm³/mol. The van der Waals surface area contributed by atoms with Gasteiger partial charge in [-0.2, -0.15) is 5.10 Å². The molecule has 0 aliphatic heterocycles. The lowest BCUT2D eigenvalue weighted by atomic mass is 9.95. The summed E-state index contributed by atoms with van der Waals surface area (Å²) in [6.45, 7) is 8.57. The van der Waals surface area contributed by atoms with Gasteiger partial charge in [0.1, 0.15) is 0 Å². The Morgan fingerprint density at radius 1 is 1.32 bits per heavy atom. The van der Waals surface area contributed by atoms with Gasteiger partial charge in [-0.15, -0.1) is 0 Å². The highest BCUT2D eigenvalue weighted by Gasteiger charge is 2.31. The number of hydrogen-bond donors (Lipinski definition) is 1. The molecular weight excluding hydrogens is 328 g/mol. The van der Waals surface area contributed by atoms with E-state index >= 15 is 0 Å². The molecule has 0 amide bonds. The number of hydrogen-bond acceptors (Lipinski definition) is 4. The molecule has 0 fully saturated rings. The number of esters is 1. The maximum absolute atomic E-state index is 14.0. The fraction of sp³-hybridized carbons (Fsp3) is 0.444. The normalized spacial score (nSPS) is 11.1. The van der Waals surface area contributed by atoms with Crippen LogP contribution in [0.1, 0.15) is 56.6 Å². The van der Waals surface area contributed by atoms with Gasteiger partial charge in [0.15, 0.2) is 0 Å². The van der Waals surface area contributed by atoms with E-state index in [1.165, 1.54) is 19.4 Å². The summed E-state index contributed by atoms with van der Waals surface area (Å²) in [4.78, 5) is 11.8. The van der Waals surface area contributed by atoms with Crippen molar-refractivity contribution in [3.63, 3.8) is 0 Å². The number of nitrogens with two attached hydrogens (primary N) is 1. The van der Waals surface area contributed by atoms with E-state index in [4.69, 9.17) is 5.73 Å². The maximum atomic E-state index is 14.0. The molecule has 5 nitrogen and oxygen atoms in total. The van der Waals surface area contributed by atoms with Crippen LogP contribution in [0.2, 0.25) is 0 Å². The molecule has 0 bridgehead atoms. The van der Waals surface area contributed by atoms with E-state index < -0.39 is 11.9 Å². The third kappa shape index (κ3) is 4.35. The van der Waals surface area contributed by atoms with E-state index in [2.05, 4.69) is 9.84 Å². The number of carbonyl (C=O) groups excluding carboxylic acids is 1. The fourth-order valence-corrected chi connectivity index (χ4v) is 2.42. The monoisotopic (exact) mass is 353 g/mol. The standard InChI is InChI=1S/C16H19F2N3O2.C2H6/c1-9(2)21-14(5-6-20-21)10-7-11(15(22)23-4)13(19)8-12(10)16(3,17)18;1-2/h5-9H,19H2,1-4H3;1-2H3. The molecule has 0 atom stereocenters. The van der Waals surface area contributed by atoms with Crippen molar-refractivity contribution in [2.45, 2.75) is 46.6 Å². The third-order valence-electron chi connectivity index (χ3n) is 3.50. The van der Waals surface area contributed by atoms with Gasteiger partial charge in [-0.3, -0.25) is 4.68 Å². The highest BCUT2D eigenvalue weighted by Crippen LogP contribution is 2.39. The number of ether oxygens (including phenoxy) is 1. The molecule has 0 saturated heterocycles. The van der Waals surface area contributed by atoms with Crippen molar-refractivity contribution in [3.8, 4) is 11.3 Å². The topological polar surface area (TPSA) is 70.1 Å². The Bertz CT molecular complexity index is 734. The molecule has 2 N–H and O–H groups in total. The predicted octanol–water partition coefficient (Wildman–Crippen LogP) is 4.64. The summed E-state index contributed by atoms with van der Waals surface area (Å²) in [7, 11) is 1.21. The van der Waals surface area contributed by atoms with E-state index in [9.17, 15) is 13.6 Å². The number of aromatic nitrogens is 2. The second-order valence-corrected chi connectivity index (χ2v) is 5.62. The average Bonchev–Trinajstić information content (AvgIpc) is 3.04. The Morgan fingerprint density at radius 3 is 2.40 bits per heavy atom. The quantitative estimate of drug-likeness (QED) is 0.642. The summed E-state index contributed by atoms with van der Waals surface area (Å²) in [5.41, 5.74) is 6.19. The van der Waals surface area contributed by atoms with E-state index in [1.807, 2.05) is 27.7 Å². The molecule has 0 saturated carbocycles. The van der Waals surface area contributed by atoms with Crippen LogP contribution < -0.4 is 5.73 Å². The lowest BCUT2D eigenvalue weighted by Gasteiger charge is -2.20. The molecule has 2 aromatic rings. The van der Waals surface area contributed by atoms with Gasteiger partial charge in [0, 0.05) is 36.0 Å². The van der Waals surface area contributed by atoms with Crippen molar-refractivity contribution in [1.29, 1.82) is 0 Å². The van der Waals surface area contributed by atoms with E-state index in [-0.39, 0.29) is 28.4 Å². The minimum absolute atomic E-state index is 0.0301. The lowest BCUT2D eigenvalue weighted by molar-refractivity contribution is 0.0180. The number of carbonyl (C=O) groups is 1. The Kier molecular flexibility index (Phi) is 6.67. The molecule has 0 unspecified atom stereocenters. The first-order valence-corrected chi connectivity index (χ1v) is 8.10. The molecule has 138 valence electrons. The Labute approximate surface area is 146 Å². The summed E-state index contributed by atoms with van der Waals surface area (Å²) in [6.07, 6.45) is 1.53. The molecule has 1 aromatic carbocycles. The van der Waals surface area contributed by atoms with Crippen molar-refractivity contribution >= 4 is 11.7 Å². The minimum Gasteiger partial charge on any atom is -0.465 e. The molecule has 0 spiro atoms. The van der Waals surface area contributed by atoms with Gasteiger partial charge >= 0.3 is 5.97 Å². The lowest BCUT2D eigenvalue weighted by Crippen LogP contribution is -2.15. The molecule has 0 radical (unpaired) electrons. The smallest absolute Gasteiger partial charge is 0.339 e. The number of halogens is 2. The molecule has 2 rings (SSSR count). The number of rotatable bonds is 4. The molecule has 25 heavy (non-hydrogen) atoms. The Morgan fingerprint density at radius 2 is 1.92 bits per heavy atom. The number of anilines is 1. The first-order valence-electron chi connectivity index (χ1n) is 8.10. The van der Waals surface area contributed by atoms with Crippen LogP contribution in [-0.4, -0.2) is 22.9 Å². The first kappa shape index (κ1) is 20.6. The largest absolute Gasteiger partial charge is 0.465 e. The third-order valence-corrected chi connectivity index (χ3v) is 3.50. The maximum Gasteiger partial charge on any atom is 0.339 e. The molecule has 1 aromatic heterocycles. The molecular formula is C18H25F2N3O2. The van der Waals surface area contributed by atoms with Crippen LogP contribution in [-0.2, 0) is 10.7 Å². The Balaban J connectivity index is 0.00000151. The molecule has 0 aliphatic carbocycles. The highest BCUT2D eigenvalue weighted by molar-refractivity contribution is 5.97. The van der Waals surface area contributed by atoms with Crippen LogP contribution in [0.4, 0.5) is 14.5 Å². The average molecular weight is 353 g/mol. The van der Waals surface area contributed by atoms with Crippen molar-refractivity contribution in [1.82, 2.24) is 9.78 Å². The summed E-state index contributed by atoms with van der Waals surface area (Å²) in [5, 5.41) is 4.16. The zero-order chi connectivity index (χ0) is 19.4. The van der Waals surface area contributed by atoms with Gasteiger partial charge in [-0.1, -0.05) is 13.8 Å². The first-order chi connectivity index (χ1) is 11.7. The fourth-order valence-electron chi connectivity index (χ4n) is 2.42. The van der Waals surface area contributed by atoms with Gasteiger partial charge in [-0.25, -0.2) is 13.6 Å². The summed E-state index contributed by atoms with van der Waals surface area (Å²) >= 11 is 0. The zero-order valence-corrected chi connectivity index (χ0v) is 15.4. The second kappa shape index (κ2) is 8.09. The van der Waals surface area contributed by atoms with Gasteiger partial charge in [-0.05, 0) is 32.0 Å². The molecule has 1 heterocycles. The number of nitrogens with zero attached hydrogens (tertiary/aromatic N) is 2. The summed E-state index contributed by atoms with van der Waals surface area (Å²) < 4.78 is 34.3. The van der Waals surface area contributed by atoms with Crippen LogP contribution in [0, 0.1) is 0 Å². The van der Waals surface area contributed by atoms with E-state index in [0.717, 1.165) is 13.0 Å². The number of alkyl halides is 2. The second-order valence-electron chi connectivity index (χ2n) is 5.62. The van der Waals surface area contributed by atoms with Gasteiger partial charge in [0.25, 0.3) is 5.92 Å². The summed E-state index contributed by atoms with van der Waals surface area (Å²) in [5.74, 6) is -3.80. The number of methoxy groups -OCH3 is 1. The van der Waals surface area contributed by atoms with Crippen LogP contribution in [0.3, 0.4) is 0 Å². The van der Waals surface area contributed by atoms with Crippen molar-refractivity contribution < 1.29 is 18.3 Å². The van der Waals surface area contributed by atoms with Gasteiger partial charge < -0.3 is 10.5 Å². The number of nitrogen functional groups attached to an aromatic ring is 1. The van der Waals surface area contributed by atoms with Crippen LogP contribution >= 0.6 is 0 Å². The Hall–Kier alpha value is -2.44. The van der Waals surface area contributed by atoms with Crippen molar-refractivity contribution in [2.75, 3.05) is 12.8 Å². The highest BCUT2D eigenvalue weighted by atomic mass is 19.3. The van der Waals surface area contributed by atoms with Crippen LogP contribution in [0.5, 0.6) is 0 Å². The molecule has 0 aliphatic rings. The van der Waals surface area contributed by atoms with E-state index in [0.29, 0.717) is 5.69 Å². The van der Waals surface area contributed by atoms with Crippen LogP contribution in [0.15, 0.2) is 24.4 Å². The number of benzene rings is 1. The SMILES string of the molecule is CC.COC(=O)c1cc(-c2ccnn2C(C)C)c(C(C)(F)F)cc1N. The van der Waals surface area contributed by atoms with E-state index in [1.54, 1.807) is 10.7 Å².